The van der Waals surface area contributed by atoms with Crippen LogP contribution in [0.3, 0.4) is 0 Å². The summed E-state index contributed by atoms with van der Waals surface area (Å²) >= 11 is 0. The van der Waals surface area contributed by atoms with Crippen LogP contribution in [0, 0.1) is 0 Å². The van der Waals surface area contributed by atoms with Crippen molar-refractivity contribution < 1.29 is 0 Å². The van der Waals surface area contributed by atoms with Gasteiger partial charge in [0, 0.05) is 42.7 Å². The van der Waals surface area contributed by atoms with Gasteiger partial charge in [-0.05, 0) is 50.9 Å². The quantitative estimate of drug-likeness (QED) is 0.679. The van der Waals surface area contributed by atoms with Gasteiger partial charge in [-0.1, -0.05) is 36.8 Å². The standard InChI is InChI=1S/C23H29N5/c1-2-8-20(9-3-1)22-15-25-28-17-19(14-24-23(22)28)16-27-13-5-4-10-21(27)18-26-11-6-7-12-26/h1-3,8-9,14-15,17,21H,4-7,10-13,16,18H2. The van der Waals surface area contributed by atoms with E-state index in [0.29, 0.717) is 6.04 Å². The van der Waals surface area contributed by atoms with E-state index in [4.69, 9.17) is 4.98 Å². The molecule has 1 atom stereocenters. The molecule has 1 unspecified atom stereocenters. The maximum Gasteiger partial charge on any atom is 0.162 e. The fourth-order valence-electron chi connectivity index (χ4n) is 4.79. The summed E-state index contributed by atoms with van der Waals surface area (Å²) < 4.78 is 1.94. The fourth-order valence-corrected chi connectivity index (χ4v) is 4.79. The summed E-state index contributed by atoms with van der Waals surface area (Å²) in [4.78, 5) is 10.1. The Morgan fingerprint density at radius 3 is 2.61 bits per heavy atom. The van der Waals surface area contributed by atoms with Crippen LogP contribution in [0.25, 0.3) is 16.8 Å². The van der Waals surface area contributed by atoms with Crippen LogP contribution >= 0.6 is 0 Å². The normalized spacial score (nSPS) is 21.5. The Balaban J connectivity index is 1.34. The van der Waals surface area contributed by atoms with Crippen molar-refractivity contribution in [2.75, 3.05) is 26.2 Å². The van der Waals surface area contributed by atoms with E-state index < -0.39 is 0 Å². The van der Waals surface area contributed by atoms with E-state index >= 15 is 0 Å². The Labute approximate surface area is 167 Å². The van der Waals surface area contributed by atoms with Gasteiger partial charge in [-0.2, -0.15) is 5.10 Å². The number of aromatic nitrogens is 3. The van der Waals surface area contributed by atoms with E-state index in [1.165, 1.54) is 69.4 Å². The number of hydrogen-bond acceptors (Lipinski definition) is 4. The molecule has 0 spiro atoms. The Morgan fingerprint density at radius 1 is 0.929 bits per heavy atom. The molecular weight excluding hydrogens is 346 g/mol. The van der Waals surface area contributed by atoms with Gasteiger partial charge in [0.2, 0.25) is 0 Å². The summed E-state index contributed by atoms with van der Waals surface area (Å²) in [6, 6.07) is 11.1. The minimum atomic E-state index is 0.681. The van der Waals surface area contributed by atoms with Gasteiger partial charge in [-0.3, -0.25) is 4.90 Å². The molecule has 2 saturated heterocycles. The van der Waals surface area contributed by atoms with Gasteiger partial charge in [-0.15, -0.1) is 0 Å². The molecule has 0 amide bonds. The molecule has 3 aromatic rings. The molecule has 28 heavy (non-hydrogen) atoms. The van der Waals surface area contributed by atoms with Crippen molar-refractivity contribution in [1.29, 1.82) is 0 Å². The van der Waals surface area contributed by atoms with E-state index in [1.807, 2.05) is 23.0 Å². The maximum absolute atomic E-state index is 4.77. The second-order valence-corrected chi connectivity index (χ2v) is 8.28. The molecule has 2 aliphatic heterocycles. The Hall–Kier alpha value is -2.24. The lowest BCUT2D eigenvalue weighted by molar-refractivity contribution is 0.106. The predicted octanol–water partition coefficient (Wildman–Crippen LogP) is 3.85. The highest BCUT2D eigenvalue weighted by atomic mass is 15.3. The lowest BCUT2D eigenvalue weighted by Crippen LogP contribution is -2.45. The number of benzene rings is 1. The zero-order valence-corrected chi connectivity index (χ0v) is 16.5. The van der Waals surface area contributed by atoms with Gasteiger partial charge in [0.25, 0.3) is 0 Å². The average Bonchev–Trinajstić information content (AvgIpc) is 3.40. The first-order valence-electron chi connectivity index (χ1n) is 10.7. The Morgan fingerprint density at radius 2 is 1.75 bits per heavy atom. The first-order chi connectivity index (χ1) is 13.9. The predicted molar refractivity (Wildman–Crippen MR) is 112 cm³/mol. The highest BCUT2D eigenvalue weighted by molar-refractivity contribution is 5.76. The highest BCUT2D eigenvalue weighted by Gasteiger charge is 2.26. The molecule has 0 saturated carbocycles. The number of likely N-dealkylation sites (tertiary alicyclic amines) is 2. The smallest absolute Gasteiger partial charge is 0.162 e. The van der Waals surface area contributed by atoms with E-state index in [0.717, 1.165) is 17.8 Å². The summed E-state index contributed by atoms with van der Waals surface area (Å²) in [7, 11) is 0. The van der Waals surface area contributed by atoms with E-state index in [9.17, 15) is 0 Å². The summed E-state index contributed by atoms with van der Waals surface area (Å²) in [6.07, 6.45) is 12.9. The van der Waals surface area contributed by atoms with E-state index in [2.05, 4.69) is 45.4 Å². The molecule has 5 rings (SSSR count). The van der Waals surface area contributed by atoms with Crippen molar-refractivity contribution in [3.63, 3.8) is 0 Å². The van der Waals surface area contributed by atoms with Crippen LogP contribution in [0.5, 0.6) is 0 Å². The number of piperidine rings is 1. The third-order valence-electron chi connectivity index (χ3n) is 6.30. The van der Waals surface area contributed by atoms with Crippen molar-refractivity contribution in [1.82, 2.24) is 24.4 Å². The van der Waals surface area contributed by atoms with Crippen LogP contribution in [0.15, 0.2) is 48.9 Å². The molecule has 0 aliphatic carbocycles. The van der Waals surface area contributed by atoms with Gasteiger partial charge < -0.3 is 4.90 Å². The zero-order valence-electron chi connectivity index (χ0n) is 16.5. The van der Waals surface area contributed by atoms with Gasteiger partial charge >= 0.3 is 0 Å². The highest BCUT2D eigenvalue weighted by Crippen LogP contribution is 2.25. The second-order valence-electron chi connectivity index (χ2n) is 8.28. The SMILES string of the molecule is c1ccc(-c2cnn3cc(CN4CCCCC4CN4CCCC4)cnc23)cc1. The number of nitrogens with zero attached hydrogens (tertiary/aromatic N) is 5. The first kappa shape index (κ1) is 17.8. The van der Waals surface area contributed by atoms with Crippen LogP contribution in [0.4, 0.5) is 0 Å². The van der Waals surface area contributed by atoms with Crippen LogP contribution in [0.1, 0.15) is 37.7 Å². The summed E-state index contributed by atoms with van der Waals surface area (Å²) in [5.41, 5.74) is 4.45. The number of fused-ring (bicyclic) bond motifs is 1. The fraction of sp³-hybridized carbons (Fsp3) is 0.478. The lowest BCUT2D eigenvalue weighted by Gasteiger charge is -2.37. The van der Waals surface area contributed by atoms with Crippen LogP contribution in [-0.4, -0.2) is 56.6 Å². The van der Waals surface area contributed by atoms with Crippen molar-refractivity contribution in [3.05, 3.63) is 54.5 Å². The third-order valence-corrected chi connectivity index (χ3v) is 6.30. The van der Waals surface area contributed by atoms with Crippen molar-refractivity contribution in [2.24, 2.45) is 0 Å². The molecule has 5 nitrogen and oxygen atoms in total. The van der Waals surface area contributed by atoms with Crippen molar-refractivity contribution in [2.45, 2.75) is 44.7 Å². The van der Waals surface area contributed by atoms with E-state index in [-0.39, 0.29) is 0 Å². The van der Waals surface area contributed by atoms with Crippen LogP contribution in [0.2, 0.25) is 0 Å². The zero-order chi connectivity index (χ0) is 18.8. The largest absolute Gasteiger partial charge is 0.302 e. The molecule has 2 aliphatic rings. The van der Waals surface area contributed by atoms with Crippen LogP contribution in [-0.2, 0) is 6.54 Å². The number of rotatable bonds is 5. The second kappa shape index (κ2) is 8.02. The lowest BCUT2D eigenvalue weighted by atomic mass is 10.0. The third kappa shape index (κ3) is 3.69. The molecule has 2 fully saturated rings. The molecule has 2 aromatic heterocycles. The minimum absolute atomic E-state index is 0.681. The summed E-state index contributed by atoms with van der Waals surface area (Å²) in [6.45, 7) is 5.98. The number of hydrogen-bond donors (Lipinski definition) is 0. The molecule has 0 bridgehead atoms. The van der Waals surface area contributed by atoms with Gasteiger partial charge in [-0.25, -0.2) is 9.50 Å². The minimum Gasteiger partial charge on any atom is -0.302 e. The monoisotopic (exact) mass is 375 g/mol. The van der Waals surface area contributed by atoms with Gasteiger partial charge in [0.1, 0.15) is 0 Å². The van der Waals surface area contributed by atoms with Gasteiger partial charge in [0.05, 0.1) is 6.20 Å². The molecule has 0 N–H and O–H groups in total. The molecule has 5 heteroatoms. The molecular formula is C23H29N5. The Bertz CT molecular complexity index is 913. The van der Waals surface area contributed by atoms with Gasteiger partial charge in [0.15, 0.2) is 5.65 Å². The average molecular weight is 376 g/mol. The topological polar surface area (TPSA) is 36.7 Å². The van der Waals surface area contributed by atoms with E-state index in [1.54, 1.807) is 0 Å². The maximum atomic E-state index is 4.77. The first-order valence-corrected chi connectivity index (χ1v) is 10.7. The molecule has 4 heterocycles. The Kier molecular flexibility index (Phi) is 5.10. The molecule has 1 aromatic carbocycles. The molecule has 146 valence electrons. The summed E-state index contributed by atoms with van der Waals surface area (Å²) in [5.74, 6) is 0. The molecule has 0 radical (unpaired) electrons. The summed E-state index contributed by atoms with van der Waals surface area (Å²) in [5, 5.41) is 4.58. The van der Waals surface area contributed by atoms with Crippen molar-refractivity contribution in [3.8, 4) is 11.1 Å². The van der Waals surface area contributed by atoms with Crippen LogP contribution < -0.4 is 0 Å². The van der Waals surface area contributed by atoms with Crippen molar-refractivity contribution >= 4 is 5.65 Å².